The smallest absolute Gasteiger partial charge is 0.150 e. The fourth-order valence-corrected chi connectivity index (χ4v) is 0.575. The molecule has 4 nitrogen and oxygen atoms in total. The quantitative estimate of drug-likeness (QED) is 0.480. The minimum Gasteiger partial charge on any atom is -0.360 e. The Kier molecular flexibility index (Phi) is 2.47. The third-order valence-electron chi connectivity index (χ3n) is 0.995. The van der Waals surface area contributed by atoms with Crippen molar-refractivity contribution in [2.75, 3.05) is 6.54 Å². The lowest BCUT2D eigenvalue weighted by Gasteiger charge is -1.91. The summed E-state index contributed by atoms with van der Waals surface area (Å²) >= 11 is 0. The Bertz CT molecular complexity index is 211. The predicted octanol–water partition coefficient (Wildman–Crippen LogP) is 0.288. The molecule has 1 aromatic rings. The summed E-state index contributed by atoms with van der Waals surface area (Å²) in [7, 11) is 0. The van der Waals surface area contributed by atoms with E-state index in [1.807, 2.05) is 6.07 Å². The molecule has 0 aliphatic rings. The molecule has 52 valence electrons. The maximum atomic E-state index is 8.14. The first-order valence-corrected chi connectivity index (χ1v) is 2.90. The van der Waals surface area contributed by atoms with Gasteiger partial charge in [0.2, 0.25) is 0 Å². The summed E-state index contributed by atoms with van der Waals surface area (Å²) in [5.74, 6) is 0.746. The average molecular weight is 137 g/mol. The van der Waals surface area contributed by atoms with Gasteiger partial charge in [0.25, 0.3) is 0 Å². The lowest BCUT2D eigenvalue weighted by Crippen LogP contribution is -2.12. The summed E-state index contributed by atoms with van der Waals surface area (Å²) in [6.45, 7) is 0.897. The van der Waals surface area contributed by atoms with Crippen LogP contribution in [0.15, 0.2) is 16.8 Å². The number of nitrogens with one attached hydrogen (secondary N) is 1. The minimum absolute atomic E-state index is 0.334. The van der Waals surface area contributed by atoms with Crippen molar-refractivity contribution in [2.45, 2.75) is 6.54 Å². The second-order valence-corrected chi connectivity index (χ2v) is 1.74. The molecule has 0 saturated carbocycles. The molecule has 0 aliphatic carbocycles. The fraction of sp³-hybridized carbons (Fsp3) is 0.333. The molecule has 1 rings (SSSR count). The molecule has 1 heterocycles. The SMILES string of the molecule is N#CCNCc1ccno1. The zero-order valence-electron chi connectivity index (χ0n) is 5.37. The van der Waals surface area contributed by atoms with Gasteiger partial charge in [-0.25, -0.2) is 0 Å². The number of hydrogen-bond donors (Lipinski definition) is 1. The third-order valence-corrected chi connectivity index (χ3v) is 0.995. The molecule has 1 N–H and O–H groups in total. The molecule has 0 radical (unpaired) electrons. The highest BCUT2D eigenvalue weighted by molar-refractivity contribution is 4.92. The second-order valence-electron chi connectivity index (χ2n) is 1.74. The zero-order chi connectivity index (χ0) is 7.23. The molecule has 10 heavy (non-hydrogen) atoms. The van der Waals surface area contributed by atoms with E-state index < -0.39 is 0 Å². The molecular weight excluding hydrogens is 130 g/mol. The molecule has 0 aromatic carbocycles. The van der Waals surface area contributed by atoms with Crippen LogP contribution in [0, 0.1) is 11.3 Å². The Balaban J connectivity index is 2.23. The molecule has 0 fully saturated rings. The van der Waals surface area contributed by atoms with Crippen LogP contribution in [0.5, 0.6) is 0 Å². The molecule has 1 aromatic heterocycles. The van der Waals surface area contributed by atoms with Crippen LogP contribution < -0.4 is 5.32 Å². The third kappa shape index (κ3) is 1.88. The van der Waals surface area contributed by atoms with Crippen molar-refractivity contribution in [2.24, 2.45) is 0 Å². The van der Waals surface area contributed by atoms with Crippen molar-refractivity contribution in [3.63, 3.8) is 0 Å². The molecule has 0 aliphatic heterocycles. The summed E-state index contributed by atoms with van der Waals surface area (Å²) in [5.41, 5.74) is 0. The van der Waals surface area contributed by atoms with Crippen LogP contribution in [0.3, 0.4) is 0 Å². The number of nitriles is 1. The van der Waals surface area contributed by atoms with E-state index in [9.17, 15) is 0 Å². The fourth-order valence-electron chi connectivity index (χ4n) is 0.575. The van der Waals surface area contributed by atoms with E-state index in [1.165, 1.54) is 0 Å². The molecule has 4 heteroatoms. The summed E-state index contributed by atoms with van der Waals surface area (Å²) in [6, 6.07) is 3.71. The highest BCUT2D eigenvalue weighted by atomic mass is 16.5. The number of hydrogen-bond acceptors (Lipinski definition) is 4. The molecule has 0 unspecified atom stereocenters. The van der Waals surface area contributed by atoms with E-state index in [1.54, 1.807) is 12.3 Å². The average Bonchev–Trinajstić information content (AvgIpc) is 2.41. The van der Waals surface area contributed by atoms with Crippen molar-refractivity contribution >= 4 is 0 Å². The lowest BCUT2D eigenvalue weighted by atomic mass is 10.4. The van der Waals surface area contributed by atoms with Gasteiger partial charge >= 0.3 is 0 Å². The molecule has 0 spiro atoms. The topological polar surface area (TPSA) is 61.9 Å². The normalized spacial score (nSPS) is 9.10. The van der Waals surface area contributed by atoms with Crippen molar-refractivity contribution in [1.29, 1.82) is 5.26 Å². The number of rotatable bonds is 3. The van der Waals surface area contributed by atoms with Gasteiger partial charge in [-0.05, 0) is 0 Å². The summed E-state index contributed by atoms with van der Waals surface area (Å²) < 4.78 is 4.76. The molecule has 0 atom stereocenters. The highest BCUT2D eigenvalue weighted by Crippen LogP contribution is 1.93. The Hall–Kier alpha value is -1.34. The first-order valence-electron chi connectivity index (χ1n) is 2.90. The first-order chi connectivity index (χ1) is 4.93. The van der Waals surface area contributed by atoms with Gasteiger partial charge < -0.3 is 4.52 Å². The van der Waals surface area contributed by atoms with Crippen molar-refractivity contribution in [3.05, 3.63) is 18.0 Å². The van der Waals surface area contributed by atoms with Crippen LogP contribution in [0.25, 0.3) is 0 Å². The highest BCUT2D eigenvalue weighted by Gasteiger charge is 1.92. The monoisotopic (exact) mass is 137 g/mol. The van der Waals surface area contributed by atoms with Crippen LogP contribution in [-0.4, -0.2) is 11.7 Å². The standard InChI is InChI=1S/C6H7N3O/c7-2-4-8-5-6-1-3-9-10-6/h1,3,8H,4-5H2. The van der Waals surface area contributed by atoms with Crippen LogP contribution in [-0.2, 0) is 6.54 Å². The lowest BCUT2D eigenvalue weighted by molar-refractivity contribution is 0.375. The minimum atomic E-state index is 0.334. The van der Waals surface area contributed by atoms with Crippen molar-refractivity contribution < 1.29 is 4.52 Å². The van der Waals surface area contributed by atoms with Crippen LogP contribution >= 0.6 is 0 Å². The van der Waals surface area contributed by atoms with Gasteiger partial charge in [-0.15, -0.1) is 0 Å². The predicted molar refractivity (Wildman–Crippen MR) is 33.8 cm³/mol. The zero-order valence-corrected chi connectivity index (χ0v) is 5.37. The van der Waals surface area contributed by atoms with E-state index in [0.717, 1.165) is 5.76 Å². The van der Waals surface area contributed by atoms with Gasteiger partial charge in [0.1, 0.15) is 5.76 Å². The molecular formula is C6H7N3O. The van der Waals surface area contributed by atoms with Crippen LogP contribution in [0.2, 0.25) is 0 Å². The Morgan fingerprint density at radius 3 is 3.30 bits per heavy atom. The number of nitrogens with zero attached hydrogens (tertiary/aromatic N) is 2. The summed E-state index contributed by atoms with van der Waals surface area (Å²) in [4.78, 5) is 0. The maximum Gasteiger partial charge on any atom is 0.150 e. The van der Waals surface area contributed by atoms with E-state index in [0.29, 0.717) is 13.1 Å². The van der Waals surface area contributed by atoms with Gasteiger partial charge in [0.05, 0.1) is 25.4 Å². The summed E-state index contributed by atoms with van der Waals surface area (Å²) in [5, 5.41) is 14.5. The largest absolute Gasteiger partial charge is 0.360 e. The van der Waals surface area contributed by atoms with Gasteiger partial charge in [-0.3, -0.25) is 5.32 Å². The molecule has 0 saturated heterocycles. The van der Waals surface area contributed by atoms with E-state index in [4.69, 9.17) is 9.78 Å². The molecule has 0 amide bonds. The van der Waals surface area contributed by atoms with Gasteiger partial charge in [0.15, 0.2) is 0 Å². The van der Waals surface area contributed by atoms with E-state index >= 15 is 0 Å². The van der Waals surface area contributed by atoms with Gasteiger partial charge in [0, 0.05) is 6.07 Å². The summed E-state index contributed by atoms with van der Waals surface area (Å²) in [6.07, 6.45) is 1.57. The van der Waals surface area contributed by atoms with Gasteiger partial charge in [-0.2, -0.15) is 5.26 Å². The Morgan fingerprint density at radius 1 is 1.80 bits per heavy atom. The first kappa shape index (κ1) is 6.78. The second kappa shape index (κ2) is 3.64. The molecule has 0 bridgehead atoms. The van der Waals surface area contributed by atoms with Gasteiger partial charge in [-0.1, -0.05) is 5.16 Å². The Labute approximate surface area is 58.4 Å². The van der Waals surface area contributed by atoms with Crippen molar-refractivity contribution in [3.8, 4) is 6.07 Å². The van der Waals surface area contributed by atoms with Crippen LogP contribution in [0.4, 0.5) is 0 Å². The van der Waals surface area contributed by atoms with E-state index in [2.05, 4.69) is 10.5 Å². The van der Waals surface area contributed by atoms with Crippen LogP contribution in [0.1, 0.15) is 5.76 Å². The van der Waals surface area contributed by atoms with Crippen molar-refractivity contribution in [1.82, 2.24) is 10.5 Å². The van der Waals surface area contributed by atoms with E-state index in [-0.39, 0.29) is 0 Å². The maximum absolute atomic E-state index is 8.14. The number of aromatic nitrogens is 1. The Morgan fingerprint density at radius 2 is 2.70 bits per heavy atom.